The molecular formula is C15H27NO3S. The first-order chi connectivity index (χ1) is 9.41. The minimum absolute atomic E-state index is 0.0443. The molecule has 0 aromatic carbocycles. The molecule has 0 spiro atoms. The molecule has 0 aliphatic heterocycles. The lowest BCUT2D eigenvalue weighted by atomic mass is 9.77. The predicted molar refractivity (Wildman–Crippen MR) is 82.9 cm³/mol. The lowest BCUT2D eigenvalue weighted by molar-refractivity contribution is -0.144. The zero-order valence-electron chi connectivity index (χ0n) is 12.8. The van der Waals surface area contributed by atoms with Gasteiger partial charge in [0.25, 0.3) is 0 Å². The first-order valence-electron chi connectivity index (χ1n) is 7.44. The van der Waals surface area contributed by atoms with E-state index in [0.717, 1.165) is 37.9 Å². The summed E-state index contributed by atoms with van der Waals surface area (Å²) < 4.78 is 0. The first kappa shape index (κ1) is 17.3. The van der Waals surface area contributed by atoms with Crippen LogP contribution in [0.1, 0.15) is 52.4 Å². The van der Waals surface area contributed by atoms with E-state index >= 15 is 0 Å². The van der Waals surface area contributed by atoms with Gasteiger partial charge < -0.3 is 10.4 Å². The molecule has 0 aromatic heterocycles. The second-order valence-corrected chi connectivity index (χ2v) is 7.22. The van der Waals surface area contributed by atoms with Crippen molar-refractivity contribution >= 4 is 23.6 Å². The van der Waals surface area contributed by atoms with Crippen LogP contribution in [0, 0.1) is 11.3 Å². The Morgan fingerprint density at radius 3 is 2.35 bits per heavy atom. The molecule has 1 aliphatic rings. The van der Waals surface area contributed by atoms with Crippen LogP contribution in [-0.2, 0) is 9.59 Å². The second kappa shape index (κ2) is 7.91. The van der Waals surface area contributed by atoms with Gasteiger partial charge in [0, 0.05) is 5.41 Å². The van der Waals surface area contributed by atoms with Crippen LogP contribution in [0.5, 0.6) is 0 Å². The van der Waals surface area contributed by atoms with E-state index in [2.05, 4.69) is 19.2 Å². The monoisotopic (exact) mass is 301 g/mol. The maximum atomic E-state index is 12.6. The Morgan fingerprint density at radius 2 is 1.90 bits per heavy atom. The highest BCUT2D eigenvalue weighted by Crippen LogP contribution is 2.43. The van der Waals surface area contributed by atoms with Crippen molar-refractivity contribution in [1.82, 2.24) is 5.32 Å². The fraction of sp³-hybridized carbons (Fsp3) is 0.867. The van der Waals surface area contributed by atoms with Crippen molar-refractivity contribution in [2.45, 2.75) is 58.4 Å². The van der Waals surface area contributed by atoms with E-state index in [1.54, 1.807) is 11.8 Å². The Hall–Kier alpha value is -0.710. The maximum Gasteiger partial charge on any atom is 0.326 e. The summed E-state index contributed by atoms with van der Waals surface area (Å²) in [6.07, 6.45) is 7.22. The number of nitrogens with one attached hydrogen (secondary N) is 1. The van der Waals surface area contributed by atoms with Crippen molar-refractivity contribution < 1.29 is 14.7 Å². The number of hydrogen-bond donors (Lipinski definition) is 2. The summed E-state index contributed by atoms with van der Waals surface area (Å²) >= 11 is 1.60. The average Bonchev–Trinajstić information content (AvgIpc) is 2.82. The van der Waals surface area contributed by atoms with E-state index in [-0.39, 0.29) is 11.3 Å². The number of rotatable bonds is 8. The molecule has 1 aliphatic carbocycles. The third kappa shape index (κ3) is 4.69. The number of carboxylic acid groups (broad SMARTS) is 1. The van der Waals surface area contributed by atoms with Gasteiger partial charge in [-0.05, 0) is 43.6 Å². The molecule has 1 rings (SSSR count). The Balaban J connectivity index is 2.71. The molecule has 0 radical (unpaired) electrons. The Labute approximate surface area is 126 Å². The number of carbonyl (C=O) groups is 2. The number of hydrogen-bond acceptors (Lipinski definition) is 3. The van der Waals surface area contributed by atoms with Crippen LogP contribution in [0.4, 0.5) is 0 Å². The van der Waals surface area contributed by atoms with Crippen molar-refractivity contribution in [3.8, 4) is 0 Å². The van der Waals surface area contributed by atoms with Gasteiger partial charge in [0.2, 0.25) is 5.91 Å². The average molecular weight is 301 g/mol. The number of carboxylic acids is 1. The van der Waals surface area contributed by atoms with Crippen LogP contribution in [0.25, 0.3) is 0 Å². The van der Waals surface area contributed by atoms with Crippen LogP contribution in [0.2, 0.25) is 0 Å². The number of carbonyl (C=O) groups excluding carboxylic acids is 1. The molecule has 0 heterocycles. The summed E-state index contributed by atoms with van der Waals surface area (Å²) in [5.74, 6) is 0.227. The van der Waals surface area contributed by atoms with Crippen molar-refractivity contribution in [2.24, 2.45) is 11.3 Å². The molecule has 1 atom stereocenters. The number of thioether (sulfide) groups is 1. The molecule has 0 saturated heterocycles. The zero-order chi connectivity index (χ0) is 15.2. The lowest BCUT2D eigenvalue weighted by Gasteiger charge is -2.31. The van der Waals surface area contributed by atoms with E-state index in [4.69, 9.17) is 0 Å². The van der Waals surface area contributed by atoms with Crippen molar-refractivity contribution in [2.75, 3.05) is 12.0 Å². The molecule has 116 valence electrons. The number of aliphatic carboxylic acids is 1. The second-order valence-electron chi connectivity index (χ2n) is 6.23. The van der Waals surface area contributed by atoms with Gasteiger partial charge in [-0.1, -0.05) is 26.7 Å². The fourth-order valence-corrected chi connectivity index (χ4v) is 3.63. The van der Waals surface area contributed by atoms with Crippen LogP contribution in [0.3, 0.4) is 0 Å². The lowest BCUT2D eigenvalue weighted by Crippen LogP contribution is -2.48. The topological polar surface area (TPSA) is 66.4 Å². The molecule has 20 heavy (non-hydrogen) atoms. The highest BCUT2D eigenvalue weighted by atomic mass is 32.2. The number of amides is 1. The molecule has 5 heteroatoms. The summed E-state index contributed by atoms with van der Waals surface area (Å²) in [5, 5.41) is 12.0. The van der Waals surface area contributed by atoms with Crippen LogP contribution in [-0.4, -0.2) is 35.0 Å². The van der Waals surface area contributed by atoms with Gasteiger partial charge in [-0.2, -0.15) is 11.8 Å². The molecular weight excluding hydrogens is 274 g/mol. The third-order valence-electron chi connectivity index (χ3n) is 4.06. The van der Waals surface area contributed by atoms with Crippen LogP contribution in [0.15, 0.2) is 0 Å². The van der Waals surface area contributed by atoms with Crippen molar-refractivity contribution in [3.63, 3.8) is 0 Å². The molecule has 4 nitrogen and oxygen atoms in total. The van der Waals surface area contributed by atoms with Gasteiger partial charge in [0.05, 0.1) is 0 Å². The molecule has 0 bridgehead atoms. The third-order valence-corrected chi connectivity index (χ3v) is 4.70. The standard InChI is InChI=1S/C15H27NO3S/c1-11(2)10-15(7-4-5-8-15)14(19)16-12(13(17)18)6-9-20-3/h11-12H,4-10H2,1-3H3,(H,16,19)(H,17,18)/t12-/m1/s1. The van der Waals surface area contributed by atoms with Crippen molar-refractivity contribution in [1.29, 1.82) is 0 Å². The van der Waals surface area contributed by atoms with Gasteiger partial charge in [0.15, 0.2) is 0 Å². The van der Waals surface area contributed by atoms with E-state index in [1.807, 2.05) is 6.26 Å². The Kier molecular flexibility index (Phi) is 6.86. The molecule has 1 amide bonds. The normalized spacial score (nSPS) is 19.0. The van der Waals surface area contributed by atoms with E-state index in [0.29, 0.717) is 12.3 Å². The fourth-order valence-electron chi connectivity index (χ4n) is 3.16. The first-order valence-corrected chi connectivity index (χ1v) is 8.83. The Morgan fingerprint density at radius 1 is 1.30 bits per heavy atom. The summed E-state index contributed by atoms with van der Waals surface area (Å²) in [7, 11) is 0. The molecule has 0 aromatic rings. The smallest absolute Gasteiger partial charge is 0.326 e. The van der Waals surface area contributed by atoms with E-state index < -0.39 is 12.0 Å². The summed E-state index contributed by atoms with van der Waals surface area (Å²) in [4.78, 5) is 23.9. The largest absolute Gasteiger partial charge is 0.480 e. The SMILES string of the molecule is CSCC[C@@H](NC(=O)C1(CC(C)C)CCCC1)C(=O)O. The Bertz CT molecular complexity index is 338. The van der Waals surface area contributed by atoms with Gasteiger partial charge in [0.1, 0.15) is 6.04 Å². The minimum atomic E-state index is -0.926. The van der Waals surface area contributed by atoms with Gasteiger partial charge in [-0.25, -0.2) is 4.79 Å². The minimum Gasteiger partial charge on any atom is -0.480 e. The van der Waals surface area contributed by atoms with Gasteiger partial charge >= 0.3 is 5.97 Å². The van der Waals surface area contributed by atoms with Crippen LogP contribution >= 0.6 is 11.8 Å². The summed E-state index contributed by atoms with van der Waals surface area (Å²) in [6, 6.07) is -0.750. The molecule has 2 N–H and O–H groups in total. The highest BCUT2D eigenvalue weighted by molar-refractivity contribution is 7.98. The highest BCUT2D eigenvalue weighted by Gasteiger charge is 2.42. The molecule has 0 unspecified atom stereocenters. The quantitative estimate of drug-likeness (QED) is 0.723. The maximum absolute atomic E-state index is 12.6. The van der Waals surface area contributed by atoms with E-state index in [9.17, 15) is 14.7 Å². The zero-order valence-corrected chi connectivity index (χ0v) is 13.6. The summed E-state index contributed by atoms with van der Waals surface area (Å²) in [6.45, 7) is 4.24. The molecule has 1 fully saturated rings. The van der Waals surface area contributed by atoms with Crippen molar-refractivity contribution in [3.05, 3.63) is 0 Å². The predicted octanol–water partition coefficient (Wildman–Crippen LogP) is 2.92. The summed E-state index contributed by atoms with van der Waals surface area (Å²) in [5.41, 5.74) is -0.332. The van der Waals surface area contributed by atoms with Gasteiger partial charge in [-0.3, -0.25) is 4.79 Å². The van der Waals surface area contributed by atoms with Crippen LogP contribution < -0.4 is 5.32 Å². The van der Waals surface area contributed by atoms with Gasteiger partial charge in [-0.15, -0.1) is 0 Å². The molecule has 1 saturated carbocycles. The van der Waals surface area contributed by atoms with E-state index in [1.165, 1.54) is 0 Å².